The third-order valence-electron chi connectivity index (χ3n) is 1.50. The highest BCUT2D eigenvalue weighted by Gasteiger charge is 2.22. The van der Waals surface area contributed by atoms with Crippen LogP contribution in [-0.2, 0) is 9.53 Å². The molecule has 12 heavy (non-hydrogen) atoms. The summed E-state index contributed by atoms with van der Waals surface area (Å²) < 4.78 is 5.51. The van der Waals surface area contributed by atoms with Crippen LogP contribution in [0.5, 0.6) is 0 Å². The summed E-state index contributed by atoms with van der Waals surface area (Å²) in [5.74, 6) is 0.229. The van der Waals surface area contributed by atoms with E-state index >= 15 is 0 Å². The molecule has 0 heterocycles. The lowest BCUT2D eigenvalue weighted by molar-refractivity contribution is -0.141. The quantitative estimate of drug-likeness (QED) is 0.653. The van der Waals surface area contributed by atoms with E-state index in [1.165, 1.54) is 0 Å². The molecule has 72 valence electrons. The zero-order valence-corrected chi connectivity index (χ0v) is 8.97. The van der Waals surface area contributed by atoms with Crippen LogP contribution in [0.2, 0.25) is 0 Å². The standard InChI is InChI=1S/C10H20O2/c1-7(2)9(11)8(3)12-10(4,5)6/h7-8H,1-6H3/t8-/m0/s1. The molecule has 2 nitrogen and oxygen atoms in total. The Balaban J connectivity index is 4.05. The minimum atomic E-state index is -0.287. The van der Waals surface area contributed by atoms with E-state index in [9.17, 15) is 4.79 Å². The third kappa shape index (κ3) is 4.50. The second-order valence-electron chi connectivity index (χ2n) is 4.43. The van der Waals surface area contributed by atoms with Crippen LogP contribution in [0.4, 0.5) is 0 Å². The monoisotopic (exact) mass is 172 g/mol. The van der Waals surface area contributed by atoms with Crippen molar-refractivity contribution in [3.05, 3.63) is 0 Å². The molecular formula is C10H20O2. The van der Waals surface area contributed by atoms with E-state index in [0.29, 0.717) is 0 Å². The molecule has 0 aliphatic carbocycles. The molecule has 0 aromatic rings. The fourth-order valence-corrected chi connectivity index (χ4v) is 1.06. The molecule has 2 heteroatoms. The van der Waals surface area contributed by atoms with Gasteiger partial charge in [-0.25, -0.2) is 0 Å². The van der Waals surface area contributed by atoms with Crippen LogP contribution in [0.1, 0.15) is 41.5 Å². The Morgan fingerprint density at radius 3 is 1.83 bits per heavy atom. The molecule has 0 spiro atoms. The Hall–Kier alpha value is -0.370. The number of rotatable bonds is 3. The second kappa shape index (κ2) is 4.04. The van der Waals surface area contributed by atoms with Gasteiger partial charge >= 0.3 is 0 Å². The van der Waals surface area contributed by atoms with E-state index in [1.54, 1.807) is 0 Å². The molecule has 0 unspecified atom stereocenters. The Morgan fingerprint density at radius 1 is 1.17 bits per heavy atom. The smallest absolute Gasteiger partial charge is 0.163 e. The van der Waals surface area contributed by atoms with Crippen molar-refractivity contribution in [2.75, 3.05) is 0 Å². The normalized spacial score (nSPS) is 14.9. The first kappa shape index (κ1) is 11.6. The van der Waals surface area contributed by atoms with Crippen molar-refractivity contribution >= 4 is 5.78 Å². The van der Waals surface area contributed by atoms with E-state index < -0.39 is 0 Å². The lowest BCUT2D eigenvalue weighted by atomic mass is 10.0. The van der Waals surface area contributed by atoms with Crippen LogP contribution in [0.3, 0.4) is 0 Å². The molecule has 0 N–H and O–H groups in total. The van der Waals surface area contributed by atoms with Crippen molar-refractivity contribution in [2.45, 2.75) is 53.2 Å². The zero-order valence-electron chi connectivity index (χ0n) is 8.97. The summed E-state index contributed by atoms with van der Waals surface area (Å²) in [5.41, 5.74) is -0.232. The van der Waals surface area contributed by atoms with Crippen LogP contribution < -0.4 is 0 Å². The average Bonchev–Trinajstić information content (AvgIpc) is 1.82. The Bertz CT molecular complexity index is 154. The largest absolute Gasteiger partial charge is 0.365 e. The van der Waals surface area contributed by atoms with Gasteiger partial charge in [-0.2, -0.15) is 0 Å². The van der Waals surface area contributed by atoms with E-state index in [4.69, 9.17) is 4.74 Å². The maximum atomic E-state index is 11.4. The highest BCUT2D eigenvalue weighted by Crippen LogP contribution is 2.13. The van der Waals surface area contributed by atoms with Gasteiger partial charge in [0.15, 0.2) is 5.78 Å². The van der Waals surface area contributed by atoms with Gasteiger partial charge in [0.25, 0.3) is 0 Å². The van der Waals surface area contributed by atoms with E-state index in [-0.39, 0.29) is 23.4 Å². The number of carbonyl (C=O) groups is 1. The number of hydrogen-bond acceptors (Lipinski definition) is 2. The van der Waals surface area contributed by atoms with Gasteiger partial charge in [0.05, 0.1) is 5.60 Å². The molecule has 0 aliphatic heterocycles. The van der Waals surface area contributed by atoms with Gasteiger partial charge in [0, 0.05) is 5.92 Å². The van der Waals surface area contributed by atoms with Crippen molar-refractivity contribution < 1.29 is 9.53 Å². The minimum absolute atomic E-state index is 0.0577. The van der Waals surface area contributed by atoms with Gasteiger partial charge in [-0.15, -0.1) is 0 Å². The fraction of sp³-hybridized carbons (Fsp3) is 0.900. The molecule has 0 aromatic heterocycles. The summed E-state index contributed by atoms with van der Waals surface area (Å²) in [5, 5.41) is 0. The van der Waals surface area contributed by atoms with E-state index in [0.717, 1.165) is 0 Å². The number of ether oxygens (including phenoxy) is 1. The molecule has 0 rings (SSSR count). The molecule has 0 radical (unpaired) electrons. The van der Waals surface area contributed by atoms with Crippen LogP contribution in [0.25, 0.3) is 0 Å². The van der Waals surface area contributed by atoms with Crippen molar-refractivity contribution in [3.8, 4) is 0 Å². The predicted octanol–water partition coefficient (Wildman–Crippen LogP) is 2.42. The topological polar surface area (TPSA) is 26.3 Å². The van der Waals surface area contributed by atoms with E-state index in [1.807, 2.05) is 41.5 Å². The molecule has 0 aliphatic rings. The van der Waals surface area contributed by atoms with Gasteiger partial charge in [-0.1, -0.05) is 13.8 Å². The molecular weight excluding hydrogens is 152 g/mol. The Labute approximate surface area is 75.3 Å². The molecule has 0 amide bonds. The van der Waals surface area contributed by atoms with Gasteiger partial charge in [-0.05, 0) is 27.7 Å². The second-order valence-corrected chi connectivity index (χ2v) is 4.43. The van der Waals surface area contributed by atoms with Crippen molar-refractivity contribution in [2.24, 2.45) is 5.92 Å². The molecule has 1 atom stereocenters. The SMILES string of the molecule is CC(C)C(=O)[C@H](C)OC(C)(C)C. The lowest BCUT2D eigenvalue weighted by Crippen LogP contribution is -2.33. The Kier molecular flexibility index (Phi) is 3.91. The van der Waals surface area contributed by atoms with Crippen LogP contribution in [-0.4, -0.2) is 17.5 Å². The summed E-state index contributed by atoms with van der Waals surface area (Å²) in [6, 6.07) is 0. The molecule has 0 bridgehead atoms. The van der Waals surface area contributed by atoms with Crippen LogP contribution in [0.15, 0.2) is 0 Å². The highest BCUT2D eigenvalue weighted by atomic mass is 16.5. The first-order chi connectivity index (χ1) is 5.24. The Morgan fingerprint density at radius 2 is 1.58 bits per heavy atom. The maximum Gasteiger partial charge on any atom is 0.163 e. The van der Waals surface area contributed by atoms with Crippen molar-refractivity contribution in [1.29, 1.82) is 0 Å². The lowest BCUT2D eigenvalue weighted by Gasteiger charge is -2.25. The number of Topliss-reactive ketones (excluding diaryl/α,β-unsaturated/α-hetero) is 1. The third-order valence-corrected chi connectivity index (χ3v) is 1.50. The first-order valence-electron chi connectivity index (χ1n) is 4.45. The first-order valence-corrected chi connectivity index (χ1v) is 4.45. The fourth-order valence-electron chi connectivity index (χ4n) is 1.06. The van der Waals surface area contributed by atoms with Gasteiger partial charge in [0.1, 0.15) is 6.10 Å². The number of carbonyl (C=O) groups excluding carboxylic acids is 1. The predicted molar refractivity (Wildman–Crippen MR) is 50.1 cm³/mol. The summed E-state index contributed by atoms with van der Waals surface area (Å²) in [4.78, 5) is 11.4. The number of hydrogen-bond donors (Lipinski definition) is 0. The molecule has 0 saturated carbocycles. The summed E-state index contributed by atoms with van der Waals surface area (Å²) >= 11 is 0. The highest BCUT2D eigenvalue weighted by molar-refractivity contribution is 5.84. The van der Waals surface area contributed by atoms with Crippen molar-refractivity contribution in [1.82, 2.24) is 0 Å². The van der Waals surface area contributed by atoms with Crippen LogP contribution >= 0.6 is 0 Å². The van der Waals surface area contributed by atoms with Crippen molar-refractivity contribution in [3.63, 3.8) is 0 Å². The summed E-state index contributed by atoms with van der Waals surface area (Å²) in [6.07, 6.45) is -0.287. The average molecular weight is 172 g/mol. The number of ketones is 1. The summed E-state index contributed by atoms with van der Waals surface area (Å²) in [6.45, 7) is 11.5. The van der Waals surface area contributed by atoms with E-state index in [2.05, 4.69) is 0 Å². The molecule has 0 aromatic carbocycles. The minimum Gasteiger partial charge on any atom is -0.365 e. The van der Waals surface area contributed by atoms with Gasteiger partial charge in [-0.3, -0.25) is 4.79 Å². The van der Waals surface area contributed by atoms with Gasteiger partial charge < -0.3 is 4.74 Å². The maximum absolute atomic E-state index is 11.4. The summed E-state index contributed by atoms with van der Waals surface area (Å²) in [7, 11) is 0. The van der Waals surface area contributed by atoms with Crippen LogP contribution in [0, 0.1) is 5.92 Å². The molecule has 0 fully saturated rings. The molecule has 0 saturated heterocycles. The zero-order chi connectivity index (χ0) is 9.94. The van der Waals surface area contributed by atoms with Gasteiger partial charge in [0.2, 0.25) is 0 Å².